The lowest BCUT2D eigenvalue weighted by Gasteiger charge is -2.27. The molecule has 0 aromatic heterocycles. The van der Waals surface area contributed by atoms with Crippen molar-refractivity contribution in [2.45, 2.75) is 38.6 Å². The summed E-state index contributed by atoms with van der Waals surface area (Å²) in [6.07, 6.45) is 6.93. The molecule has 1 aromatic carbocycles. The van der Waals surface area contributed by atoms with Crippen LogP contribution in [0.4, 0.5) is 0 Å². The van der Waals surface area contributed by atoms with Crippen LogP contribution in [0.15, 0.2) is 22.7 Å². The van der Waals surface area contributed by atoms with Crippen molar-refractivity contribution < 1.29 is 5.11 Å². The molecule has 0 radical (unpaired) electrons. The van der Waals surface area contributed by atoms with Crippen LogP contribution in [0.1, 0.15) is 37.7 Å². The molecule has 0 amide bonds. The minimum atomic E-state index is 0.382. The smallest absolute Gasteiger partial charge is 0.134 e. The molecule has 1 aromatic rings. The molecule has 1 fully saturated rings. The molecule has 1 aliphatic carbocycles. The molecule has 0 unspecified atom stereocenters. The van der Waals surface area contributed by atoms with Gasteiger partial charge in [-0.2, -0.15) is 0 Å². The number of benzene rings is 1. The third-order valence-electron chi connectivity index (χ3n) is 3.81. The molecular weight excluding hydrogens is 290 g/mol. The minimum Gasteiger partial charge on any atom is -0.506 e. The SMILES string of the molecule is CN(Cc1cccc(Br)c1O)CC1CCCCC1. The molecule has 100 valence electrons. The number of para-hydroxylation sites is 1. The summed E-state index contributed by atoms with van der Waals surface area (Å²) in [5.41, 5.74) is 1.00. The Morgan fingerprint density at radius 2 is 2.00 bits per heavy atom. The quantitative estimate of drug-likeness (QED) is 0.902. The van der Waals surface area contributed by atoms with Crippen molar-refractivity contribution in [1.29, 1.82) is 0 Å². The fraction of sp³-hybridized carbons (Fsp3) is 0.600. The molecule has 0 atom stereocenters. The van der Waals surface area contributed by atoms with Gasteiger partial charge in [0.05, 0.1) is 4.47 Å². The number of halogens is 1. The van der Waals surface area contributed by atoms with E-state index in [0.717, 1.165) is 29.0 Å². The van der Waals surface area contributed by atoms with E-state index in [0.29, 0.717) is 5.75 Å². The molecule has 1 aliphatic rings. The zero-order valence-corrected chi connectivity index (χ0v) is 12.6. The second kappa shape index (κ2) is 6.58. The first kappa shape index (κ1) is 13.9. The number of hydrogen-bond acceptors (Lipinski definition) is 2. The first-order valence-electron chi connectivity index (χ1n) is 6.81. The molecule has 3 heteroatoms. The highest BCUT2D eigenvalue weighted by Gasteiger charge is 2.16. The Labute approximate surface area is 118 Å². The van der Waals surface area contributed by atoms with E-state index in [2.05, 4.69) is 27.9 Å². The van der Waals surface area contributed by atoms with Gasteiger partial charge in [0.25, 0.3) is 0 Å². The molecule has 1 saturated carbocycles. The van der Waals surface area contributed by atoms with Crippen molar-refractivity contribution in [3.63, 3.8) is 0 Å². The van der Waals surface area contributed by atoms with Crippen LogP contribution in [-0.2, 0) is 6.54 Å². The van der Waals surface area contributed by atoms with Crippen molar-refractivity contribution >= 4 is 15.9 Å². The van der Waals surface area contributed by atoms with E-state index in [1.54, 1.807) is 0 Å². The molecule has 0 heterocycles. The predicted molar refractivity (Wildman–Crippen MR) is 78.7 cm³/mol. The second-order valence-electron chi connectivity index (χ2n) is 5.45. The Bertz CT molecular complexity index is 388. The summed E-state index contributed by atoms with van der Waals surface area (Å²) in [6, 6.07) is 5.85. The Kier molecular flexibility index (Phi) is 5.07. The number of nitrogens with zero attached hydrogens (tertiary/aromatic N) is 1. The van der Waals surface area contributed by atoms with Crippen molar-refractivity contribution in [2.75, 3.05) is 13.6 Å². The lowest BCUT2D eigenvalue weighted by atomic mass is 9.89. The third kappa shape index (κ3) is 3.72. The second-order valence-corrected chi connectivity index (χ2v) is 6.30. The fourth-order valence-electron chi connectivity index (χ4n) is 2.85. The van der Waals surface area contributed by atoms with Crippen LogP contribution in [0, 0.1) is 5.92 Å². The van der Waals surface area contributed by atoms with Gasteiger partial charge < -0.3 is 10.0 Å². The number of hydrogen-bond donors (Lipinski definition) is 1. The van der Waals surface area contributed by atoms with E-state index < -0.39 is 0 Å². The Morgan fingerprint density at radius 1 is 1.28 bits per heavy atom. The fourth-order valence-corrected chi connectivity index (χ4v) is 3.26. The zero-order chi connectivity index (χ0) is 13.0. The van der Waals surface area contributed by atoms with Crippen LogP contribution in [0.5, 0.6) is 5.75 Å². The largest absolute Gasteiger partial charge is 0.506 e. The molecule has 0 bridgehead atoms. The van der Waals surface area contributed by atoms with E-state index in [9.17, 15) is 5.11 Å². The molecule has 0 spiro atoms. The average Bonchev–Trinajstić information content (AvgIpc) is 2.36. The molecule has 18 heavy (non-hydrogen) atoms. The number of aromatic hydroxyl groups is 1. The normalized spacial score (nSPS) is 17.3. The van der Waals surface area contributed by atoms with Crippen molar-refractivity contribution in [1.82, 2.24) is 4.90 Å². The first-order valence-corrected chi connectivity index (χ1v) is 7.61. The van der Waals surface area contributed by atoms with Gasteiger partial charge in [0, 0.05) is 18.7 Å². The van der Waals surface area contributed by atoms with Crippen LogP contribution < -0.4 is 0 Å². The lowest BCUT2D eigenvalue weighted by molar-refractivity contribution is 0.226. The van der Waals surface area contributed by atoms with E-state index in [1.165, 1.54) is 32.1 Å². The number of phenolic OH excluding ortho intramolecular Hbond substituents is 1. The third-order valence-corrected chi connectivity index (χ3v) is 4.45. The lowest BCUT2D eigenvalue weighted by Crippen LogP contribution is -2.26. The van der Waals surface area contributed by atoms with Crippen LogP contribution in [-0.4, -0.2) is 23.6 Å². The summed E-state index contributed by atoms with van der Waals surface area (Å²) < 4.78 is 0.783. The molecule has 1 N–H and O–H groups in total. The minimum absolute atomic E-state index is 0.382. The maximum Gasteiger partial charge on any atom is 0.134 e. The van der Waals surface area contributed by atoms with Crippen LogP contribution in [0.2, 0.25) is 0 Å². The number of rotatable bonds is 4. The summed E-state index contributed by atoms with van der Waals surface area (Å²) in [4.78, 5) is 2.33. The van der Waals surface area contributed by atoms with Gasteiger partial charge in [-0.1, -0.05) is 31.4 Å². The predicted octanol–water partition coefficient (Wildman–Crippen LogP) is 4.17. The van der Waals surface area contributed by atoms with Gasteiger partial charge in [0.2, 0.25) is 0 Å². The van der Waals surface area contributed by atoms with Crippen molar-refractivity contribution in [3.05, 3.63) is 28.2 Å². The van der Waals surface area contributed by atoms with Gasteiger partial charge >= 0.3 is 0 Å². The highest BCUT2D eigenvalue weighted by atomic mass is 79.9. The van der Waals surface area contributed by atoms with Crippen LogP contribution in [0.25, 0.3) is 0 Å². The topological polar surface area (TPSA) is 23.5 Å². The number of phenols is 1. The van der Waals surface area contributed by atoms with E-state index >= 15 is 0 Å². The average molecular weight is 312 g/mol. The maximum absolute atomic E-state index is 9.98. The van der Waals surface area contributed by atoms with Gasteiger partial charge in [-0.3, -0.25) is 0 Å². The Hall–Kier alpha value is -0.540. The summed E-state index contributed by atoms with van der Waals surface area (Å²) in [5, 5.41) is 9.98. The Balaban J connectivity index is 1.90. The first-order chi connectivity index (χ1) is 8.66. The van der Waals surface area contributed by atoms with Crippen molar-refractivity contribution in [3.8, 4) is 5.75 Å². The van der Waals surface area contributed by atoms with E-state index in [1.807, 2.05) is 18.2 Å². The van der Waals surface area contributed by atoms with Gasteiger partial charge in [0.15, 0.2) is 0 Å². The molecule has 0 aliphatic heterocycles. The van der Waals surface area contributed by atoms with E-state index in [-0.39, 0.29) is 0 Å². The molecule has 2 rings (SSSR count). The van der Waals surface area contributed by atoms with Gasteiger partial charge in [-0.25, -0.2) is 0 Å². The van der Waals surface area contributed by atoms with Gasteiger partial charge in [-0.05, 0) is 47.8 Å². The molecule has 0 saturated heterocycles. The van der Waals surface area contributed by atoms with Crippen molar-refractivity contribution in [2.24, 2.45) is 5.92 Å². The molecular formula is C15H22BrNO. The maximum atomic E-state index is 9.98. The van der Waals surface area contributed by atoms with Crippen LogP contribution >= 0.6 is 15.9 Å². The highest BCUT2D eigenvalue weighted by molar-refractivity contribution is 9.10. The Morgan fingerprint density at radius 3 is 2.72 bits per heavy atom. The zero-order valence-electron chi connectivity index (χ0n) is 11.0. The van der Waals surface area contributed by atoms with Gasteiger partial charge in [-0.15, -0.1) is 0 Å². The summed E-state index contributed by atoms with van der Waals surface area (Å²) in [7, 11) is 2.15. The van der Waals surface area contributed by atoms with Crippen LogP contribution in [0.3, 0.4) is 0 Å². The standard InChI is InChI=1S/C15H22BrNO/c1-17(10-12-6-3-2-4-7-12)11-13-8-5-9-14(16)15(13)18/h5,8-9,12,18H,2-4,6-7,10-11H2,1H3. The van der Waals surface area contributed by atoms with E-state index in [4.69, 9.17) is 0 Å². The van der Waals surface area contributed by atoms with Gasteiger partial charge in [0.1, 0.15) is 5.75 Å². The highest BCUT2D eigenvalue weighted by Crippen LogP contribution is 2.29. The monoisotopic (exact) mass is 311 g/mol. The summed E-state index contributed by atoms with van der Waals surface area (Å²) in [6.45, 7) is 1.97. The molecule has 2 nitrogen and oxygen atoms in total. The summed E-state index contributed by atoms with van der Waals surface area (Å²) in [5.74, 6) is 1.23. The summed E-state index contributed by atoms with van der Waals surface area (Å²) >= 11 is 3.37.